The van der Waals surface area contributed by atoms with Crippen LogP contribution in [-0.2, 0) is 0 Å². The molecule has 4 nitrogen and oxygen atoms in total. The summed E-state index contributed by atoms with van der Waals surface area (Å²) in [5.41, 5.74) is 12.4. The topological polar surface area (TPSA) is 32.8 Å². The van der Waals surface area contributed by atoms with Crippen LogP contribution in [0.5, 0.6) is 0 Å². The van der Waals surface area contributed by atoms with Crippen LogP contribution < -0.4 is 9.80 Å². The van der Waals surface area contributed by atoms with Crippen molar-refractivity contribution in [3.05, 3.63) is 200 Å². The number of rotatable bonds is 5. The van der Waals surface area contributed by atoms with Crippen LogP contribution in [-0.4, -0.2) is 6.04 Å². The first kappa shape index (κ1) is 32.7. The Kier molecular flexibility index (Phi) is 6.97. The molecular formula is C54H34N2O2S. The molecule has 1 aliphatic carbocycles. The van der Waals surface area contributed by atoms with Crippen molar-refractivity contribution >= 4 is 104 Å². The van der Waals surface area contributed by atoms with Gasteiger partial charge in [0.25, 0.3) is 0 Å². The van der Waals surface area contributed by atoms with Gasteiger partial charge >= 0.3 is 0 Å². The molecule has 3 aromatic heterocycles. The van der Waals surface area contributed by atoms with E-state index in [9.17, 15) is 0 Å². The number of para-hydroxylation sites is 4. The highest BCUT2D eigenvalue weighted by Gasteiger charge is 2.40. The van der Waals surface area contributed by atoms with E-state index in [0.717, 1.165) is 77.8 Å². The first-order valence-corrected chi connectivity index (χ1v) is 21.0. The molecule has 278 valence electrons. The van der Waals surface area contributed by atoms with Crippen LogP contribution in [0.1, 0.15) is 11.5 Å². The number of anilines is 5. The van der Waals surface area contributed by atoms with Gasteiger partial charge in [-0.3, -0.25) is 0 Å². The molecular weight excluding hydrogens is 741 g/mol. The first-order valence-electron chi connectivity index (χ1n) is 20.2. The van der Waals surface area contributed by atoms with Crippen LogP contribution in [0.15, 0.2) is 203 Å². The van der Waals surface area contributed by atoms with E-state index in [1.165, 1.54) is 31.4 Å². The van der Waals surface area contributed by atoms with Gasteiger partial charge in [-0.2, -0.15) is 0 Å². The third-order valence-electron chi connectivity index (χ3n) is 12.4. The van der Waals surface area contributed by atoms with Crippen LogP contribution in [0.25, 0.3) is 75.2 Å². The summed E-state index contributed by atoms with van der Waals surface area (Å²) >= 11 is 1.84. The molecule has 2 aliphatic rings. The van der Waals surface area contributed by atoms with Crippen LogP contribution >= 0.6 is 11.3 Å². The van der Waals surface area contributed by atoms with Crippen molar-refractivity contribution in [1.82, 2.24) is 0 Å². The molecule has 8 aromatic carbocycles. The minimum absolute atomic E-state index is 0.0763. The fourth-order valence-electron chi connectivity index (χ4n) is 9.88. The Labute approximate surface area is 343 Å². The normalized spacial score (nSPS) is 16.0. The van der Waals surface area contributed by atoms with Gasteiger partial charge in [0, 0.05) is 48.8 Å². The molecule has 59 heavy (non-hydrogen) atoms. The van der Waals surface area contributed by atoms with E-state index in [2.05, 4.69) is 198 Å². The third kappa shape index (κ3) is 4.71. The van der Waals surface area contributed by atoms with Crippen molar-refractivity contribution in [3.8, 4) is 11.1 Å². The van der Waals surface area contributed by atoms with Crippen molar-refractivity contribution in [1.29, 1.82) is 0 Å². The van der Waals surface area contributed by atoms with Gasteiger partial charge in [0.15, 0.2) is 11.2 Å². The van der Waals surface area contributed by atoms with Crippen molar-refractivity contribution in [2.24, 2.45) is 0 Å². The van der Waals surface area contributed by atoms with Gasteiger partial charge in [0.2, 0.25) is 0 Å². The average Bonchev–Trinajstić information content (AvgIpc) is 4.06. The van der Waals surface area contributed by atoms with E-state index in [-0.39, 0.29) is 12.0 Å². The highest BCUT2D eigenvalue weighted by Crippen LogP contribution is 2.55. The second kappa shape index (κ2) is 12.6. The van der Waals surface area contributed by atoms with E-state index in [1.54, 1.807) is 0 Å². The monoisotopic (exact) mass is 774 g/mol. The van der Waals surface area contributed by atoms with Gasteiger partial charge in [-0.15, -0.1) is 11.3 Å². The Morgan fingerprint density at radius 2 is 1.22 bits per heavy atom. The third-order valence-corrected chi connectivity index (χ3v) is 13.6. The number of thiophene rings is 1. The summed E-state index contributed by atoms with van der Waals surface area (Å²) in [5.74, 6) is 0.214. The second-order valence-corrected chi connectivity index (χ2v) is 16.6. The van der Waals surface area contributed by atoms with Gasteiger partial charge in [0.1, 0.15) is 11.2 Å². The minimum Gasteiger partial charge on any atom is -0.456 e. The average molecular weight is 775 g/mol. The zero-order valence-corrected chi connectivity index (χ0v) is 32.6. The zero-order chi connectivity index (χ0) is 38.6. The minimum atomic E-state index is 0.0763. The molecule has 0 fully saturated rings. The number of fused-ring (bicyclic) bond motifs is 12. The number of hydrogen-bond acceptors (Lipinski definition) is 5. The Balaban J connectivity index is 1.15. The van der Waals surface area contributed by atoms with Crippen LogP contribution in [0, 0.1) is 0 Å². The second-order valence-electron chi connectivity index (χ2n) is 15.5. The molecule has 0 bridgehead atoms. The summed E-state index contributed by atoms with van der Waals surface area (Å²) in [6.45, 7) is 0. The number of nitrogens with zero attached hydrogens (tertiary/aromatic N) is 2. The SMILES string of the molecule is C1=CC2c3ccccc3N(c3c4oc5c(N(c6ccccc6-c6ccccc6)c6cccc7c6sc6ccccc67)cccc5c4cc4oc5ccccc5c34)C2C=C1. The van der Waals surface area contributed by atoms with Gasteiger partial charge in [-0.1, -0.05) is 152 Å². The molecule has 0 spiro atoms. The molecule has 0 radical (unpaired) electrons. The van der Waals surface area contributed by atoms with E-state index in [4.69, 9.17) is 8.83 Å². The molecule has 1 aliphatic heterocycles. The predicted molar refractivity (Wildman–Crippen MR) is 247 cm³/mol. The van der Waals surface area contributed by atoms with Crippen molar-refractivity contribution < 1.29 is 8.83 Å². The lowest BCUT2D eigenvalue weighted by molar-refractivity contribution is 0.660. The molecule has 5 heteroatoms. The summed E-state index contributed by atoms with van der Waals surface area (Å²) in [4.78, 5) is 4.94. The smallest absolute Gasteiger partial charge is 0.160 e. The van der Waals surface area contributed by atoms with Crippen LogP contribution in [0.3, 0.4) is 0 Å². The van der Waals surface area contributed by atoms with Gasteiger partial charge < -0.3 is 18.6 Å². The summed E-state index contributed by atoms with van der Waals surface area (Å²) in [6, 6.07) is 61.0. The maximum Gasteiger partial charge on any atom is 0.160 e. The fraction of sp³-hybridized carbons (Fsp3) is 0.0370. The maximum atomic E-state index is 7.53. The van der Waals surface area contributed by atoms with E-state index in [0.29, 0.717) is 0 Å². The highest BCUT2D eigenvalue weighted by molar-refractivity contribution is 7.26. The van der Waals surface area contributed by atoms with Gasteiger partial charge in [-0.25, -0.2) is 0 Å². The van der Waals surface area contributed by atoms with Crippen LogP contribution in [0.4, 0.5) is 28.4 Å². The zero-order valence-electron chi connectivity index (χ0n) is 31.7. The van der Waals surface area contributed by atoms with E-state index >= 15 is 0 Å². The van der Waals surface area contributed by atoms with Crippen molar-refractivity contribution in [3.63, 3.8) is 0 Å². The summed E-state index contributed by atoms with van der Waals surface area (Å²) in [5, 5.41) is 6.71. The van der Waals surface area contributed by atoms with E-state index < -0.39 is 0 Å². The molecule has 0 amide bonds. The van der Waals surface area contributed by atoms with Crippen molar-refractivity contribution in [2.75, 3.05) is 9.80 Å². The van der Waals surface area contributed by atoms with Gasteiger partial charge in [-0.05, 0) is 53.6 Å². The molecule has 0 saturated heterocycles. The Morgan fingerprint density at radius 3 is 2.15 bits per heavy atom. The van der Waals surface area contributed by atoms with Gasteiger partial charge in [0.05, 0.1) is 38.9 Å². The fourth-order valence-corrected chi connectivity index (χ4v) is 11.1. The number of allylic oxidation sites excluding steroid dienone is 2. The lowest BCUT2D eigenvalue weighted by Crippen LogP contribution is -2.28. The molecule has 13 rings (SSSR count). The molecule has 0 N–H and O–H groups in total. The molecule has 2 atom stereocenters. The maximum absolute atomic E-state index is 7.53. The van der Waals surface area contributed by atoms with E-state index in [1.807, 2.05) is 17.4 Å². The Morgan fingerprint density at radius 1 is 0.508 bits per heavy atom. The number of hydrogen-bond donors (Lipinski definition) is 0. The van der Waals surface area contributed by atoms with Crippen molar-refractivity contribution in [2.45, 2.75) is 12.0 Å². The summed E-state index contributed by atoms with van der Waals surface area (Å²) < 4.78 is 16.8. The quantitative estimate of drug-likeness (QED) is 0.174. The Hall–Kier alpha value is -7.34. The molecule has 0 saturated carbocycles. The first-order chi connectivity index (χ1) is 29.3. The lowest BCUT2D eigenvalue weighted by atomic mass is 9.91. The Bertz CT molecular complexity index is 3550. The highest BCUT2D eigenvalue weighted by atomic mass is 32.1. The standard InChI is InChI=1S/C54H34N2O2S/c1-2-16-33(17-3-1)34-18-4-9-25-42(34)55(46-29-15-24-39-37-21-8-13-31-49(37)59-54(39)46)45-28-14-23-38-41-32-48-50(40-22-7-12-30-47(40)57-48)51(53(41)58-52(38)45)56-43-26-10-5-19-35(43)36-20-6-11-27-44(36)56/h1-32,35,43H. The largest absolute Gasteiger partial charge is 0.456 e. The predicted octanol–water partition coefficient (Wildman–Crippen LogP) is 15.7. The summed E-state index contributed by atoms with van der Waals surface area (Å²) in [6.07, 6.45) is 9.02. The number of benzene rings is 8. The summed E-state index contributed by atoms with van der Waals surface area (Å²) in [7, 11) is 0. The lowest BCUT2D eigenvalue weighted by Gasteiger charge is -2.29. The molecule has 4 heterocycles. The van der Waals surface area contributed by atoms with Crippen LogP contribution in [0.2, 0.25) is 0 Å². The molecule has 11 aromatic rings. The number of furan rings is 2. The molecule has 2 unspecified atom stereocenters.